The van der Waals surface area contributed by atoms with Crippen LogP contribution in [0.5, 0.6) is 0 Å². The molecule has 0 fully saturated rings. The molecule has 0 atom stereocenters. The molecule has 0 aliphatic carbocycles. The number of halogens is 3. The fraction of sp³-hybridized carbons (Fsp3) is 0.109. The summed E-state index contributed by atoms with van der Waals surface area (Å²) in [7, 11) is 0. The van der Waals surface area contributed by atoms with Gasteiger partial charge in [0.25, 0.3) is 0 Å². The predicted octanol–water partition coefficient (Wildman–Crippen LogP) is 16.0. The first-order valence-electron chi connectivity index (χ1n) is 23.6. The van der Waals surface area contributed by atoms with E-state index in [2.05, 4.69) is 103 Å². The molecule has 10 rings (SSSR count). The number of aromatic nitrogens is 3. The smallest absolute Gasteiger partial charge is 0.304 e. The van der Waals surface area contributed by atoms with Gasteiger partial charge in [-0.3, -0.25) is 0 Å². The summed E-state index contributed by atoms with van der Waals surface area (Å²) in [4.78, 5) is 14.6. The largest absolute Gasteiger partial charge is 3.00 e. The summed E-state index contributed by atoms with van der Waals surface area (Å²) in [6.07, 6.45) is 4.14. The van der Waals surface area contributed by atoms with Crippen molar-refractivity contribution in [1.82, 2.24) is 15.0 Å². The van der Waals surface area contributed by atoms with E-state index >= 15 is 0 Å². The quantitative estimate of drug-likeness (QED) is 0.0961. The van der Waals surface area contributed by atoms with E-state index in [9.17, 15) is 13.2 Å². The van der Waals surface area contributed by atoms with Crippen molar-refractivity contribution in [3.05, 3.63) is 259 Å². The van der Waals surface area contributed by atoms with E-state index in [1.165, 1.54) is 22.3 Å². The molecule has 7 aromatic carbocycles. The van der Waals surface area contributed by atoms with Gasteiger partial charge >= 0.3 is 26.3 Å². The first-order chi connectivity index (χ1) is 34.3. The van der Waals surface area contributed by atoms with Crippen molar-refractivity contribution in [3.8, 4) is 78.3 Å². The molecule has 0 saturated carbocycles. The third-order valence-electron chi connectivity index (χ3n) is 12.6. The van der Waals surface area contributed by atoms with E-state index in [0.29, 0.717) is 5.56 Å². The summed E-state index contributed by atoms with van der Waals surface area (Å²) >= 11 is 0. The molecule has 3 nitrogen and oxygen atoms in total. The van der Waals surface area contributed by atoms with Crippen LogP contribution >= 0.6 is 0 Å². The summed E-state index contributed by atoms with van der Waals surface area (Å²) in [5, 5.41) is 0. The summed E-state index contributed by atoms with van der Waals surface area (Å²) in [6, 6.07) is 75.4. The second-order valence-electron chi connectivity index (χ2n) is 17.5. The van der Waals surface area contributed by atoms with Crippen LogP contribution in [0.25, 0.3) is 78.3 Å². The number of nitrogens with zero attached hydrogens (tertiary/aromatic N) is 3. The fourth-order valence-corrected chi connectivity index (χ4v) is 8.97. The Morgan fingerprint density at radius 3 is 1.38 bits per heavy atom. The fourth-order valence-electron chi connectivity index (χ4n) is 8.97. The van der Waals surface area contributed by atoms with Crippen molar-refractivity contribution in [2.45, 2.75) is 44.7 Å². The number of hydrogen-bond acceptors (Lipinski definition) is 3. The summed E-state index contributed by atoms with van der Waals surface area (Å²) < 4.78 is 39.3. The zero-order valence-corrected chi connectivity index (χ0v) is 41.2. The number of hydrogen-bond donors (Lipinski definition) is 0. The van der Waals surface area contributed by atoms with Crippen LogP contribution in [0.1, 0.15) is 34.2 Å². The van der Waals surface area contributed by atoms with Crippen molar-refractivity contribution in [3.63, 3.8) is 0 Å². The Kier molecular flexibility index (Phi) is 15.3. The van der Waals surface area contributed by atoms with Crippen molar-refractivity contribution < 1.29 is 33.3 Å². The first kappa shape index (κ1) is 48.5. The molecule has 3 aromatic heterocycles. The number of benzene rings is 7. The Morgan fingerprint density at radius 1 is 0.338 bits per heavy atom. The zero-order chi connectivity index (χ0) is 47.7. The topological polar surface area (TPSA) is 38.7 Å². The molecule has 0 amide bonds. The van der Waals surface area contributed by atoms with Crippen LogP contribution in [-0.4, -0.2) is 21.1 Å². The van der Waals surface area contributed by atoms with Crippen molar-refractivity contribution in [2.75, 3.05) is 0 Å². The van der Waals surface area contributed by atoms with E-state index in [-0.39, 0.29) is 26.5 Å². The minimum Gasteiger partial charge on any atom is -0.304 e. The average Bonchev–Trinajstić information content (AvgIpc) is 3.42. The normalized spacial score (nSPS) is 11.3. The van der Waals surface area contributed by atoms with Gasteiger partial charge in [-0.2, -0.15) is 13.2 Å². The monoisotopic (exact) mass is 1110 g/mol. The Bertz CT molecular complexity index is 3220. The third-order valence-corrected chi connectivity index (χ3v) is 12.6. The van der Waals surface area contributed by atoms with E-state index in [1.54, 1.807) is 6.07 Å². The number of pyridine rings is 3. The zero-order valence-electron chi connectivity index (χ0n) is 38.8. The molecule has 0 aliphatic rings. The van der Waals surface area contributed by atoms with Gasteiger partial charge in [0.05, 0.1) is 0 Å². The van der Waals surface area contributed by atoms with Crippen LogP contribution in [-0.2, 0) is 52.2 Å². The first-order valence-corrected chi connectivity index (χ1v) is 23.6. The van der Waals surface area contributed by atoms with E-state index in [0.717, 1.165) is 104 Å². The Balaban J connectivity index is 0.00000624. The van der Waals surface area contributed by atoms with Gasteiger partial charge in [0, 0.05) is 30.6 Å². The number of aryl methyl sites for hydroxylation is 5. The molecule has 3 heterocycles. The molecule has 0 unspecified atom stereocenters. The molecule has 348 valence electrons. The second kappa shape index (κ2) is 22.5. The van der Waals surface area contributed by atoms with Gasteiger partial charge in [-0.15, -0.1) is 108 Å². The van der Waals surface area contributed by atoms with E-state index in [4.69, 9.17) is 15.0 Å². The van der Waals surface area contributed by atoms with E-state index in [1.807, 2.05) is 122 Å². The van der Waals surface area contributed by atoms with Crippen LogP contribution in [0.15, 0.2) is 213 Å². The van der Waals surface area contributed by atoms with Crippen LogP contribution in [0.4, 0.5) is 13.2 Å². The van der Waals surface area contributed by atoms with Gasteiger partial charge in [-0.05, 0) is 116 Å². The minimum absolute atomic E-state index is 0. The maximum absolute atomic E-state index is 13.1. The summed E-state index contributed by atoms with van der Waals surface area (Å²) in [5.41, 5.74) is 19.0. The van der Waals surface area contributed by atoms with Gasteiger partial charge in [0.1, 0.15) is 0 Å². The molecule has 0 bridgehead atoms. The Morgan fingerprint density at radius 2 is 0.845 bits per heavy atom. The van der Waals surface area contributed by atoms with Gasteiger partial charge < -0.3 is 15.0 Å². The molecular formula is C64H47F3IrN3. The van der Waals surface area contributed by atoms with Crippen molar-refractivity contribution >= 4 is 0 Å². The Hall–Kier alpha value is -7.57. The number of alkyl halides is 3. The van der Waals surface area contributed by atoms with Crippen molar-refractivity contribution in [2.24, 2.45) is 0 Å². The Labute approximate surface area is 427 Å². The van der Waals surface area contributed by atoms with Gasteiger partial charge in [0.2, 0.25) is 0 Å². The predicted molar refractivity (Wildman–Crippen MR) is 276 cm³/mol. The maximum Gasteiger partial charge on any atom is 3.00 e. The number of rotatable bonds is 15. The molecule has 0 spiro atoms. The van der Waals surface area contributed by atoms with Gasteiger partial charge in [-0.1, -0.05) is 121 Å². The van der Waals surface area contributed by atoms with Crippen LogP contribution in [0, 0.1) is 18.2 Å². The average molecular weight is 1110 g/mol. The molecule has 0 radical (unpaired) electrons. The molecule has 71 heavy (non-hydrogen) atoms. The molecule has 7 heteroatoms. The van der Waals surface area contributed by atoms with Crippen LogP contribution < -0.4 is 0 Å². The van der Waals surface area contributed by atoms with Crippen LogP contribution in [0.3, 0.4) is 0 Å². The van der Waals surface area contributed by atoms with E-state index < -0.39 is 12.6 Å². The summed E-state index contributed by atoms with van der Waals surface area (Å²) in [5.74, 6) is 0. The van der Waals surface area contributed by atoms with Crippen molar-refractivity contribution in [1.29, 1.82) is 0 Å². The van der Waals surface area contributed by atoms with Crippen LogP contribution in [0.2, 0.25) is 0 Å². The summed E-state index contributed by atoms with van der Waals surface area (Å²) in [6.45, 7) is 0. The minimum atomic E-state index is -4.21. The molecular weight excluding hydrogens is 1060 g/mol. The van der Waals surface area contributed by atoms with Gasteiger partial charge in [-0.25, -0.2) is 0 Å². The maximum atomic E-state index is 13.1. The third kappa shape index (κ3) is 12.2. The standard InChI is InChI=1S/C64H47F3N3.Ir/c65-64(66,67)36-35-45-13-12-20-55(38-45)50-29-31-51(32-30-50)59-41-63(54-18-8-3-9-19-54)70-44-60(59)58-22-11-10-21-57(58)56-39-48(25-23-46-27-33-61(68-42-46)52-14-4-1-5-15-52)37-49(40-56)26-24-47-28-34-62(69-43-47)53-16-6-2-7-17-53;/h1-14,16,18,20-22,27-34,37-44H,23-26,35-36H2;/q-3;+3. The second-order valence-corrected chi connectivity index (χ2v) is 17.5. The SMILES string of the molecule is FC(F)(F)CCc1cccc(-c2ccc(-c3cc(-c4[c-]cccc4)ncc3-c3ccccc3-c3cc(CCc4ccc(-c5[c-]cccc5)nc4)cc(CCc4ccc(-c5[c-]cccc5)nc4)c3)cc2)c1.[Ir+3]. The molecule has 0 N–H and O–H groups in total. The van der Waals surface area contributed by atoms with Gasteiger partial charge in [0.15, 0.2) is 0 Å². The molecule has 0 aliphatic heterocycles. The molecule has 0 saturated heterocycles. The molecule has 10 aromatic rings.